The summed E-state index contributed by atoms with van der Waals surface area (Å²) in [6.45, 7) is 5.92. The molecule has 1 aromatic heterocycles. The molecule has 2 N–H and O–H groups in total. The highest BCUT2D eigenvalue weighted by Crippen LogP contribution is 2.31. The first-order valence-electron chi connectivity index (χ1n) is 6.12. The van der Waals surface area contributed by atoms with Gasteiger partial charge >= 0.3 is 0 Å². The van der Waals surface area contributed by atoms with Crippen LogP contribution in [0.2, 0.25) is 0 Å². The maximum absolute atomic E-state index is 8.60. The smallest absolute Gasteiger partial charge is 0.0738 e. The quantitative estimate of drug-likeness (QED) is 0.493. The maximum atomic E-state index is 8.60. The predicted octanol–water partition coefficient (Wildman–Crippen LogP) is 2.43. The van der Waals surface area contributed by atoms with E-state index in [9.17, 15) is 0 Å². The molecule has 1 fully saturated rings. The minimum atomic E-state index is 0.0642. The van der Waals surface area contributed by atoms with Crippen LogP contribution in [0.15, 0.2) is 23.6 Å². The number of nitrogens with two attached hydrogens (primary N) is 1. The SMILES string of the molecule is C[C@@H]1CN(c2ccncc2N)C[C@H](C)[C@@H]1N=[N+]=[N-]. The van der Waals surface area contributed by atoms with E-state index in [2.05, 4.69) is 33.8 Å². The van der Waals surface area contributed by atoms with Crippen LogP contribution in [0.3, 0.4) is 0 Å². The molecule has 96 valence electrons. The average Bonchev–Trinajstić information content (AvgIpc) is 2.34. The zero-order valence-corrected chi connectivity index (χ0v) is 10.7. The molecular formula is C12H18N6. The third-order valence-corrected chi connectivity index (χ3v) is 3.54. The third kappa shape index (κ3) is 2.33. The summed E-state index contributed by atoms with van der Waals surface area (Å²) in [5.41, 5.74) is 16.3. The van der Waals surface area contributed by atoms with E-state index in [-0.39, 0.29) is 6.04 Å². The molecule has 18 heavy (non-hydrogen) atoms. The van der Waals surface area contributed by atoms with Crippen LogP contribution in [-0.4, -0.2) is 24.1 Å². The molecule has 6 nitrogen and oxygen atoms in total. The Bertz CT molecular complexity index is 455. The molecule has 2 rings (SSSR count). The van der Waals surface area contributed by atoms with Crippen LogP contribution in [0.1, 0.15) is 13.8 Å². The van der Waals surface area contributed by atoms with Crippen molar-refractivity contribution in [2.24, 2.45) is 17.0 Å². The molecule has 0 spiro atoms. The molecule has 2 heterocycles. The minimum absolute atomic E-state index is 0.0642. The van der Waals surface area contributed by atoms with Gasteiger partial charge in [-0.15, -0.1) is 0 Å². The average molecular weight is 246 g/mol. The van der Waals surface area contributed by atoms with Gasteiger partial charge in [0.1, 0.15) is 0 Å². The fraction of sp³-hybridized carbons (Fsp3) is 0.583. The van der Waals surface area contributed by atoms with E-state index in [1.54, 1.807) is 12.4 Å². The molecule has 1 aliphatic rings. The second kappa shape index (κ2) is 5.14. The zero-order chi connectivity index (χ0) is 13.1. The molecule has 0 unspecified atom stereocenters. The molecule has 0 bridgehead atoms. The lowest BCUT2D eigenvalue weighted by molar-refractivity contribution is 0.298. The molecule has 3 atom stereocenters. The van der Waals surface area contributed by atoms with Crippen LogP contribution in [0.25, 0.3) is 10.4 Å². The van der Waals surface area contributed by atoms with Gasteiger partial charge in [-0.2, -0.15) is 0 Å². The summed E-state index contributed by atoms with van der Waals surface area (Å²) in [5.74, 6) is 0.634. The van der Waals surface area contributed by atoms with Gasteiger partial charge in [-0.05, 0) is 23.4 Å². The van der Waals surface area contributed by atoms with Gasteiger partial charge in [-0.25, -0.2) is 0 Å². The molecular weight excluding hydrogens is 228 g/mol. The first-order valence-corrected chi connectivity index (χ1v) is 6.12. The van der Waals surface area contributed by atoms with Gasteiger partial charge in [-0.1, -0.05) is 19.0 Å². The molecule has 0 saturated carbocycles. The van der Waals surface area contributed by atoms with E-state index < -0.39 is 0 Å². The van der Waals surface area contributed by atoms with Crippen LogP contribution in [0.5, 0.6) is 0 Å². The second-order valence-electron chi connectivity index (χ2n) is 4.99. The summed E-state index contributed by atoms with van der Waals surface area (Å²) in [7, 11) is 0. The van der Waals surface area contributed by atoms with Gasteiger partial charge in [0.2, 0.25) is 0 Å². The zero-order valence-electron chi connectivity index (χ0n) is 10.7. The normalized spacial score (nSPS) is 27.7. The van der Waals surface area contributed by atoms with Crippen molar-refractivity contribution in [2.45, 2.75) is 19.9 Å². The van der Waals surface area contributed by atoms with Crippen LogP contribution in [0, 0.1) is 11.8 Å². The van der Waals surface area contributed by atoms with Gasteiger partial charge in [0.15, 0.2) is 0 Å². The number of hydrogen-bond acceptors (Lipinski definition) is 4. The molecule has 1 aliphatic heterocycles. The Morgan fingerprint density at radius 3 is 2.67 bits per heavy atom. The Hall–Kier alpha value is -1.94. The van der Waals surface area contributed by atoms with Gasteiger partial charge < -0.3 is 10.6 Å². The van der Waals surface area contributed by atoms with Crippen LogP contribution in [-0.2, 0) is 0 Å². The van der Waals surface area contributed by atoms with E-state index in [1.807, 2.05) is 6.07 Å². The van der Waals surface area contributed by atoms with Gasteiger partial charge in [0.05, 0.1) is 17.6 Å². The highest BCUT2D eigenvalue weighted by Gasteiger charge is 2.31. The first kappa shape index (κ1) is 12.5. The number of hydrogen-bond donors (Lipinski definition) is 1. The van der Waals surface area contributed by atoms with Crippen molar-refractivity contribution in [3.05, 3.63) is 28.9 Å². The number of rotatable bonds is 2. The molecule has 1 aromatic rings. The van der Waals surface area contributed by atoms with Crippen molar-refractivity contribution >= 4 is 11.4 Å². The van der Waals surface area contributed by atoms with E-state index in [0.29, 0.717) is 17.5 Å². The summed E-state index contributed by atoms with van der Waals surface area (Å²) >= 11 is 0. The Morgan fingerprint density at radius 1 is 1.44 bits per heavy atom. The third-order valence-electron chi connectivity index (χ3n) is 3.54. The van der Waals surface area contributed by atoms with Crippen LogP contribution < -0.4 is 10.6 Å². The molecule has 6 heteroatoms. The summed E-state index contributed by atoms with van der Waals surface area (Å²) in [6, 6.07) is 2.00. The number of piperidine rings is 1. The largest absolute Gasteiger partial charge is 0.396 e. The van der Waals surface area contributed by atoms with Gasteiger partial charge in [0.25, 0.3) is 0 Å². The molecule has 0 radical (unpaired) electrons. The van der Waals surface area contributed by atoms with E-state index in [0.717, 1.165) is 18.8 Å². The van der Waals surface area contributed by atoms with Crippen LogP contribution in [0.4, 0.5) is 11.4 Å². The predicted molar refractivity (Wildman–Crippen MR) is 72.1 cm³/mol. The fourth-order valence-electron chi connectivity index (χ4n) is 2.72. The van der Waals surface area contributed by atoms with E-state index in [4.69, 9.17) is 11.3 Å². The standard InChI is InChI=1S/C12H18N6/c1-8-6-18(7-9(2)12(8)16-17-14)11-3-4-15-5-10(11)13/h3-5,8-9,12H,6-7,13H2,1-2H3/t8-,9+,12-. The number of azide groups is 1. The van der Waals surface area contributed by atoms with Crippen LogP contribution >= 0.6 is 0 Å². The number of pyridine rings is 1. The van der Waals surface area contributed by atoms with Crippen molar-refractivity contribution in [3.8, 4) is 0 Å². The summed E-state index contributed by atoms with van der Waals surface area (Å²) in [5, 5.41) is 3.91. The number of anilines is 2. The molecule has 1 saturated heterocycles. The monoisotopic (exact) mass is 246 g/mol. The minimum Gasteiger partial charge on any atom is -0.396 e. The molecule has 0 amide bonds. The molecule has 0 aromatic carbocycles. The Kier molecular flexibility index (Phi) is 3.58. The second-order valence-corrected chi connectivity index (χ2v) is 4.99. The molecule has 0 aliphatic carbocycles. The lowest BCUT2D eigenvalue weighted by atomic mass is 9.86. The Morgan fingerprint density at radius 2 is 2.11 bits per heavy atom. The van der Waals surface area contributed by atoms with E-state index in [1.165, 1.54) is 0 Å². The topological polar surface area (TPSA) is 90.9 Å². The Labute approximate surface area is 106 Å². The summed E-state index contributed by atoms with van der Waals surface area (Å²) < 4.78 is 0. The number of nitrogens with zero attached hydrogens (tertiary/aromatic N) is 5. The Balaban J connectivity index is 2.20. The van der Waals surface area contributed by atoms with Crippen molar-refractivity contribution in [3.63, 3.8) is 0 Å². The number of nitrogen functional groups attached to an aromatic ring is 1. The lowest BCUT2D eigenvalue weighted by Gasteiger charge is -2.40. The maximum Gasteiger partial charge on any atom is 0.0738 e. The van der Waals surface area contributed by atoms with Gasteiger partial charge in [-0.3, -0.25) is 4.98 Å². The summed E-state index contributed by atoms with van der Waals surface area (Å²) in [4.78, 5) is 9.20. The highest BCUT2D eigenvalue weighted by atomic mass is 15.2. The highest BCUT2D eigenvalue weighted by molar-refractivity contribution is 5.66. The lowest BCUT2D eigenvalue weighted by Crippen LogP contribution is -2.46. The summed E-state index contributed by atoms with van der Waals surface area (Å²) in [6.07, 6.45) is 3.42. The van der Waals surface area contributed by atoms with Gasteiger partial charge in [0, 0.05) is 30.2 Å². The van der Waals surface area contributed by atoms with Crippen molar-refractivity contribution in [1.82, 2.24) is 4.98 Å². The van der Waals surface area contributed by atoms with Crippen molar-refractivity contribution < 1.29 is 0 Å². The van der Waals surface area contributed by atoms with Crippen molar-refractivity contribution in [2.75, 3.05) is 23.7 Å². The van der Waals surface area contributed by atoms with E-state index >= 15 is 0 Å². The fourth-order valence-corrected chi connectivity index (χ4v) is 2.72. The first-order chi connectivity index (χ1) is 8.63. The van der Waals surface area contributed by atoms with Crippen molar-refractivity contribution in [1.29, 1.82) is 0 Å². The number of aromatic nitrogens is 1.